The molecule has 1 atom stereocenters. The van der Waals surface area contributed by atoms with Crippen molar-refractivity contribution in [3.63, 3.8) is 0 Å². The Balaban J connectivity index is 1.81. The second-order valence-corrected chi connectivity index (χ2v) is 6.77. The van der Waals surface area contributed by atoms with Crippen molar-refractivity contribution in [2.24, 2.45) is 0 Å². The standard InChI is InChI=1S/C21H28N2O7/c1-28-13-14-30-19(25)8-7-18(24)23-11-10-22-21(27)17(23)15-20(26)29-12-9-16-5-3-2-4-6-16/h2-6,17H,7-15H2,1H3,(H,22,27). The van der Waals surface area contributed by atoms with Crippen molar-refractivity contribution in [1.29, 1.82) is 0 Å². The minimum absolute atomic E-state index is 0.0986. The van der Waals surface area contributed by atoms with E-state index in [1.165, 1.54) is 12.0 Å². The third-order valence-corrected chi connectivity index (χ3v) is 4.60. The number of rotatable bonds is 11. The smallest absolute Gasteiger partial charge is 0.308 e. The van der Waals surface area contributed by atoms with Gasteiger partial charge in [0.15, 0.2) is 0 Å². The van der Waals surface area contributed by atoms with Crippen molar-refractivity contribution in [2.75, 3.05) is 40.0 Å². The van der Waals surface area contributed by atoms with Crippen molar-refractivity contribution >= 4 is 23.8 Å². The van der Waals surface area contributed by atoms with Crippen LogP contribution in [0.15, 0.2) is 30.3 Å². The van der Waals surface area contributed by atoms with Gasteiger partial charge in [-0.2, -0.15) is 0 Å². The van der Waals surface area contributed by atoms with Crippen molar-refractivity contribution in [2.45, 2.75) is 31.7 Å². The molecule has 0 radical (unpaired) electrons. The first kappa shape index (κ1) is 23.3. The molecule has 164 valence electrons. The highest BCUT2D eigenvalue weighted by Crippen LogP contribution is 2.13. The minimum Gasteiger partial charge on any atom is -0.465 e. The highest BCUT2D eigenvalue weighted by atomic mass is 16.6. The predicted octanol–water partition coefficient (Wildman–Crippen LogP) is 0.459. The maximum absolute atomic E-state index is 12.5. The van der Waals surface area contributed by atoms with Crippen LogP contribution < -0.4 is 5.32 Å². The zero-order valence-corrected chi connectivity index (χ0v) is 17.1. The number of nitrogens with one attached hydrogen (secondary N) is 1. The number of carbonyl (C=O) groups is 4. The third kappa shape index (κ3) is 7.82. The van der Waals surface area contributed by atoms with Gasteiger partial charge in [-0.1, -0.05) is 30.3 Å². The predicted molar refractivity (Wildman–Crippen MR) is 106 cm³/mol. The van der Waals surface area contributed by atoms with Crippen LogP contribution in [0.4, 0.5) is 0 Å². The normalized spacial score (nSPS) is 16.0. The summed E-state index contributed by atoms with van der Waals surface area (Å²) in [6.45, 7) is 1.15. The van der Waals surface area contributed by atoms with E-state index in [0.29, 0.717) is 13.0 Å². The zero-order valence-electron chi connectivity index (χ0n) is 17.1. The number of ether oxygens (including phenoxy) is 3. The van der Waals surface area contributed by atoms with Gasteiger partial charge in [0.2, 0.25) is 11.8 Å². The molecule has 9 heteroatoms. The number of nitrogens with zero attached hydrogens (tertiary/aromatic N) is 1. The van der Waals surface area contributed by atoms with E-state index in [4.69, 9.17) is 14.2 Å². The lowest BCUT2D eigenvalue weighted by Gasteiger charge is -2.34. The second kappa shape index (κ2) is 12.6. The average Bonchev–Trinajstić information content (AvgIpc) is 2.74. The van der Waals surface area contributed by atoms with E-state index in [9.17, 15) is 19.2 Å². The molecule has 0 aliphatic carbocycles. The SMILES string of the molecule is COCCOC(=O)CCC(=O)N1CCNC(=O)C1CC(=O)OCCc1ccccc1. The molecule has 0 aromatic heterocycles. The number of carbonyl (C=O) groups excluding carboxylic acids is 4. The van der Waals surface area contributed by atoms with Gasteiger partial charge in [-0.3, -0.25) is 19.2 Å². The fourth-order valence-corrected chi connectivity index (χ4v) is 3.02. The van der Waals surface area contributed by atoms with Crippen LogP contribution in [0.5, 0.6) is 0 Å². The number of hydrogen-bond donors (Lipinski definition) is 1. The molecule has 0 saturated carbocycles. The van der Waals surface area contributed by atoms with Gasteiger partial charge in [0.05, 0.1) is 26.1 Å². The van der Waals surface area contributed by atoms with Gasteiger partial charge >= 0.3 is 11.9 Å². The fraction of sp³-hybridized carbons (Fsp3) is 0.524. The highest BCUT2D eigenvalue weighted by Gasteiger charge is 2.35. The Hall–Kier alpha value is -2.94. The average molecular weight is 420 g/mol. The van der Waals surface area contributed by atoms with Crippen LogP contribution in [0.25, 0.3) is 0 Å². The summed E-state index contributed by atoms with van der Waals surface area (Å²) in [7, 11) is 1.49. The number of hydrogen-bond acceptors (Lipinski definition) is 7. The third-order valence-electron chi connectivity index (χ3n) is 4.60. The van der Waals surface area contributed by atoms with Crippen molar-refractivity contribution in [3.8, 4) is 0 Å². The zero-order chi connectivity index (χ0) is 21.8. The molecule has 1 heterocycles. The molecule has 1 aliphatic heterocycles. The molecule has 1 aromatic rings. The molecule has 1 saturated heterocycles. The highest BCUT2D eigenvalue weighted by molar-refractivity contribution is 5.92. The fourth-order valence-electron chi connectivity index (χ4n) is 3.02. The molecule has 0 bridgehead atoms. The summed E-state index contributed by atoms with van der Waals surface area (Å²) in [5, 5.41) is 2.66. The molecule has 2 rings (SSSR count). The Morgan fingerprint density at radius 1 is 1.03 bits per heavy atom. The van der Waals surface area contributed by atoms with Crippen LogP contribution in [0.1, 0.15) is 24.8 Å². The summed E-state index contributed by atoms with van der Waals surface area (Å²) in [6.07, 6.45) is 0.134. The van der Waals surface area contributed by atoms with Gasteiger partial charge < -0.3 is 24.4 Å². The largest absolute Gasteiger partial charge is 0.465 e. The van der Waals surface area contributed by atoms with Crippen molar-refractivity contribution in [1.82, 2.24) is 10.2 Å². The van der Waals surface area contributed by atoms with Gasteiger partial charge in [-0.05, 0) is 5.56 Å². The van der Waals surface area contributed by atoms with E-state index in [1.54, 1.807) is 0 Å². The van der Waals surface area contributed by atoms with Crippen LogP contribution >= 0.6 is 0 Å². The first-order chi connectivity index (χ1) is 14.5. The molecule has 0 spiro atoms. The monoisotopic (exact) mass is 420 g/mol. The van der Waals surface area contributed by atoms with E-state index in [1.807, 2.05) is 30.3 Å². The van der Waals surface area contributed by atoms with E-state index in [2.05, 4.69) is 5.32 Å². The summed E-state index contributed by atoms with van der Waals surface area (Å²) < 4.78 is 14.9. The number of benzene rings is 1. The van der Waals surface area contributed by atoms with Gasteiger partial charge in [0.25, 0.3) is 0 Å². The summed E-state index contributed by atoms with van der Waals surface area (Å²) in [4.78, 5) is 50.0. The molecule has 30 heavy (non-hydrogen) atoms. The Bertz CT molecular complexity index is 723. The molecule has 1 fully saturated rings. The summed E-state index contributed by atoms with van der Waals surface area (Å²) in [6, 6.07) is 8.63. The Kier molecular flexibility index (Phi) is 9.79. The van der Waals surface area contributed by atoms with Crippen LogP contribution in [0.2, 0.25) is 0 Å². The Morgan fingerprint density at radius 2 is 1.77 bits per heavy atom. The molecular weight excluding hydrogens is 392 g/mol. The van der Waals surface area contributed by atoms with Gasteiger partial charge in [0.1, 0.15) is 12.6 Å². The lowest BCUT2D eigenvalue weighted by molar-refractivity contribution is -0.153. The number of esters is 2. The van der Waals surface area contributed by atoms with E-state index in [0.717, 1.165) is 5.56 Å². The molecule has 1 unspecified atom stereocenters. The molecule has 9 nitrogen and oxygen atoms in total. The Labute approximate surface area is 175 Å². The molecule has 1 aliphatic rings. The maximum atomic E-state index is 12.5. The van der Waals surface area contributed by atoms with Crippen LogP contribution in [-0.4, -0.2) is 74.7 Å². The first-order valence-corrected chi connectivity index (χ1v) is 9.92. The van der Waals surface area contributed by atoms with E-state index < -0.39 is 23.9 Å². The lowest BCUT2D eigenvalue weighted by Crippen LogP contribution is -2.57. The van der Waals surface area contributed by atoms with Crippen molar-refractivity contribution < 1.29 is 33.4 Å². The van der Waals surface area contributed by atoms with Gasteiger partial charge in [-0.25, -0.2) is 0 Å². The van der Waals surface area contributed by atoms with E-state index in [-0.39, 0.29) is 51.5 Å². The number of piperazine rings is 1. The first-order valence-electron chi connectivity index (χ1n) is 9.92. The second-order valence-electron chi connectivity index (χ2n) is 6.77. The van der Waals surface area contributed by atoms with Crippen molar-refractivity contribution in [3.05, 3.63) is 35.9 Å². The summed E-state index contributed by atoms with van der Waals surface area (Å²) >= 11 is 0. The molecule has 2 amide bonds. The van der Waals surface area contributed by atoms with Gasteiger partial charge in [-0.15, -0.1) is 0 Å². The maximum Gasteiger partial charge on any atom is 0.308 e. The van der Waals surface area contributed by atoms with Crippen LogP contribution in [-0.2, 0) is 39.8 Å². The minimum atomic E-state index is -0.944. The summed E-state index contributed by atoms with van der Waals surface area (Å²) in [5.74, 6) is -1.85. The molecule has 1 N–H and O–H groups in total. The quantitative estimate of drug-likeness (QED) is 0.409. The Morgan fingerprint density at radius 3 is 2.50 bits per heavy atom. The number of methoxy groups -OCH3 is 1. The topological polar surface area (TPSA) is 111 Å². The molecular formula is C21H28N2O7. The molecule has 1 aromatic carbocycles. The van der Waals surface area contributed by atoms with E-state index >= 15 is 0 Å². The lowest BCUT2D eigenvalue weighted by atomic mass is 10.1. The van der Waals surface area contributed by atoms with Gasteiger partial charge in [0, 0.05) is 33.0 Å². The van der Waals surface area contributed by atoms with Crippen LogP contribution in [0, 0.1) is 0 Å². The summed E-state index contributed by atoms with van der Waals surface area (Å²) in [5.41, 5.74) is 1.04. The number of amides is 2. The van der Waals surface area contributed by atoms with Crippen LogP contribution in [0.3, 0.4) is 0 Å².